The van der Waals surface area contributed by atoms with E-state index in [1.54, 1.807) is 42.7 Å². The molecule has 2 amide bonds. The van der Waals surface area contributed by atoms with Gasteiger partial charge in [-0.15, -0.1) is 0 Å². The predicted octanol–water partition coefficient (Wildman–Crippen LogP) is 5.17. The van der Waals surface area contributed by atoms with E-state index in [1.807, 2.05) is 18.2 Å². The summed E-state index contributed by atoms with van der Waals surface area (Å²) in [5.41, 5.74) is 3.13. The van der Waals surface area contributed by atoms with Crippen LogP contribution < -0.4 is 15.5 Å². The van der Waals surface area contributed by atoms with E-state index < -0.39 is 0 Å². The van der Waals surface area contributed by atoms with Crippen LogP contribution in [-0.2, 0) is 6.54 Å². The average molecular weight is 469 g/mol. The molecule has 1 aliphatic rings. The first-order chi connectivity index (χ1) is 15.5. The molecule has 0 spiro atoms. The SMILES string of the molecule is O=C(Nc1ccc(N2CCCC2)c(C(=O)NCc2cccnc2)c1)c1cc(Cl)cc(Cl)c1. The summed E-state index contributed by atoms with van der Waals surface area (Å²) in [6, 6.07) is 13.8. The summed E-state index contributed by atoms with van der Waals surface area (Å²) in [6.07, 6.45) is 5.58. The van der Waals surface area contributed by atoms with Crippen LogP contribution in [0.5, 0.6) is 0 Å². The molecule has 1 fully saturated rings. The van der Waals surface area contributed by atoms with Gasteiger partial charge in [-0.3, -0.25) is 14.6 Å². The Hall–Kier alpha value is -3.09. The molecule has 0 bridgehead atoms. The molecule has 4 rings (SSSR count). The molecule has 0 atom stereocenters. The smallest absolute Gasteiger partial charge is 0.255 e. The number of carbonyl (C=O) groups is 2. The van der Waals surface area contributed by atoms with Crippen LogP contribution in [0.2, 0.25) is 10.0 Å². The van der Waals surface area contributed by atoms with Gasteiger partial charge in [-0.05, 0) is 60.9 Å². The van der Waals surface area contributed by atoms with Crippen molar-refractivity contribution in [3.8, 4) is 0 Å². The van der Waals surface area contributed by atoms with Gasteiger partial charge in [-0.2, -0.15) is 0 Å². The number of amides is 2. The van der Waals surface area contributed by atoms with Gasteiger partial charge in [0.2, 0.25) is 0 Å². The third kappa shape index (κ3) is 5.39. The Morgan fingerprint density at radius 3 is 2.41 bits per heavy atom. The second kappa shape index (κ2) is 10.0. The number of hydrogen-bond donors (Lipinski definition) is 2. The summed E-state index contributed by atoms with van der Waals surface area (Å²) in [4.78, 5) is 32.1. The number of pyridine rings is 1. The maximum Gasteiger partial charge on any atom is 0.255 e. The van der Waals surface area contributed by atoms with Crippen molar-refractivity contribution in [2.24, 2.45) is 0 Å². The molecule has 8 heteroatoms. The average Bonchev–Trinajstić information content (AvgIpc) is 3.32. The molecule has 1 saturated heterocycles. The number of nitrogens with zero attached hydrogens (tertiary/aromatic N) is 2. The second-order valence-electron chi connectivity index (χ2n) is 7.58. The molecule has 6 nitrogen and oxygen atoms in total. The summed E-state index contributed by atoms with van der Waals surface area (Å²) < 4.78 is 0. The van der Waals surface area contributed by atoms with Crippen LogP contribution >= 0.6 is 23.2 Å². The lowest BCUT2D eigenvalue weighted by molar-refractivity contribution is 0.0950. The van der Waals surface area contributed by atoms with Crippen LogP contribution in [0.25, 0.3) is 0 Å². The van der Waals surface area contributed by atoms with Crippen LogP contribution in [-0.4, -0.2) is 29.9 Å². The van der Waals surface area contributed by atoms with Gasteiger partial charge < -0.3 is 15.5 Å². The van der Waals surface area contributed by atoms with Gasteiger partial charge in [0.25, 0.3) is 11.8 Å². The van der Waals surface area contributed by atoms with Crippen molar-refractivity contribution in [1.29, 1.82) is 0 Å². The van der Waals surface area contributed by atoms with E-state index in [2.05, 4.69) is 20.5 Å². The van der Waals surface area contributed by atoms with Gasteiger partial charge in [0.15, 0.2) is 0 Å². The van der Waals surface area contributed by atoms with Crippen molar-refractivity contribution >= 4 is 46.4 Å². The number of halogens is 2. The Bertz CT molecular complexity index is 1110. The number of anilines is 2. The van der Waals surface area contributed by atoms with Gasteiger partial charge in [-0.1, -0.05) is 29.3 Å². The number of aromatic nitrogens is 1. The molecular formula is C24H22Cl2N4O2. The molecule has 3 aromatic rings. The summed E-state index contributed by atoms with van der Waals surface area (Å²) in [7, 11) is 0. The maximum absolute atomic E-state index is 13.1. The fraction of sp³-hybridized carbons (Fsp3) is 0.208. The minimum atomic E-state index is -0.356. The van der Waals surface area contributed by atoms with Crippen LogP contribution in [0, 0.1) is 0 Å². The monoisotopic (exact) mass is 468 g/mol. The summed E-state index contributed by atoms with van der Waals surface area (Å²) >= 11 is 12.0. The number of hydrogen-bond acceptors (Lipinski definition) is 4. The highest BCUT2D eigenvalue weighted by Crippen LogP contribution is 2.28. The molecule has 2 heterocycles. The zero-order chi connectivity index (χ0) is 22.5. The van der Waals surface area contributed by atoms with Gasteiger partial charge in [0, 0.05) is 59.0 Å². The quantitative estimate of drug-likeness (QED) is 0.523. The van der Waals surface area contributed by atoms with Gasteiger partial charge in [-0.25, -0.2) is 0 Å². The van der Waals surface area contributed by atoms with Gasteiger partial charge in [0.1, 0.15) is 0 Å². The van der Waals surface area contributed by atoms with Crippen molar-refractivity contribution < 1.29 is 9.59 Å². The second-order valence-corrected chi connectivity index (χ2v) is 8.46. The number of carbonyl (C=O) groups excluding carboxylic acids is 2. The van der Waals surface area contributed by atoms with E-state index in [-0.39, 0.29) is 11.8 Å². The van der Waals surface area contributed by atoms with E-state index in [9.17, 15) is 9.59 Å². The number of rotatable bonds is 6. The first-order valence-electron chi connectivity index (χ1n) is 10.3. The standard InChI is InChI=1S/C24H22Cl2N4O2/c25-18-10-17(11-19(26)12-18)23(31)29-20-5-6-22(30-8-1-2-9-30)21(13-20)24(32)28-15-16-4-3-7-27-14-16/h3-7,10-14H,1-2,8-9,15H2,(H,28,32)(H,29,31). The molecule has 1 aliphatic heterocycles. The molecule has 0 aliphatic carbocycles. The highest BCUT2D eigenvalue weighted by atomic mass is 35.5. The third-order valence-corrected chi connectivity index (χ3v) is 5.68. The minimum Gasteiger partial charge on any atom is -0.371 e. The summed E-state index contributed by atoms with van der Waals surface area (Å²) in [5.74, 6) is -0.567. The van der Waals surface area contributed by atoms with E-state index in [0.29, 0.717) is 33.4 Å². The van der Waals surface area contributed by atoms with Crippen molar-refractivity contribution in [1.82, 2.24) is 10.3 Å². The summed E-state index contributed by atoms with van der Waals surface area (Å²) in [5, 5.41) is 6.54. The first-order valence-corrected chi connectivity index (χ1v) is 11.1. The van der Waals surface area contributed by atoms with Crippen molar-refractivity contribution in [3.63, 3.8) is 0 Å². The summed E-state index contributed by atoms with van der Waals surface area (Å²) in [6.45, 7) is 2.16. The Balaban J connectivity index is 1.57. The molecule has 0 saturated carbocycles. The highest BCUT2D eigenvalue weighted by Gasteiger charge is 2.21. The van der Waals surface area contributed by atoms with Crippen LogP contribution in [0.1, 0.15) is 39.1 Å². The molecule has 164 valence electrons. The van der Waals surface area contributed by atoms with Crippen LogP contribution in [0.3, 0.4) is 0 Å². The zero-order valence-electron chi connectivity index (χ0n) is 17.3. The number of benzene rings is 2. The number of nitrogens with one attached hydrogen (secondary N) is 2. The van der Waals surface area contributed by atoms with Gasteiger partial charge in [0.05, 0.1) is 5.56 Å². The lowest BCUT2D eigenvalue weighted by Crippen LogP contribution is -2.27. The molecule has 0 unspecified atom stereocenters. The Kier molecular flexibility index (Phi) is 6.93. The van der Waals surface area contributed by atoms with Crippen molar-refractivity contribution in [3.05, 3.63) is 87.7 Å². The molecule has 0 radical (unpaired) electrons. The normalized spacial score (nSPS) is 13.1. The van der Waals surface area contributed by atoms with Gasteiger partial charge >= 0.3 is 0 Å². The molecule has 2 N–H and O–H groups in total. The third-order valence-electron chi connectivity index (χ3n) is 5.25. The molecule has 1 aromatic heterocycles. The minimum absolute atomic E-state index is 0.211. The fourth-order valence-corrected chi connectivity index (χ4v) is 4.22. The molecule has 32 heavy (non-hydrogen) atoms. The van der Waals surface area contributed by atoms with Crippen molar-refractivity contribution in [2.75, 3.05) is 23.3 Å². The maximum atomic E-state index is 13.1. The lowest BCUT2D eigenvalue weighted by atomic mass is 10.1. The topological polar surface area (TPSA) is 74.3 Å². The van der Waals surface area contributed by atoms with E-state index in [1.165, 1.54) is 0 Å². The van der Waals surface area contributed by atoms with E-state index in [0.717, 1.165) is 37.2 Å². The van der Waals surface area contributed by atoms with Crippen LogP contribution in [0.15, 0.2) is 60.9 Å². The predicted molar refractivity (Wildman–Crippen MR) is 128 cm³/mol. The highest BCUT2D eigenvalue weighted by molar-refractivity contribution is 6.35. The molecule has 2 aromatic carbocycles. The first kappa shape index (κ1) is 22.1. The Morgan fingerprint density at radius 2 is 1.72 bits per heavy atom. The van der Waals surface area contributed by atoms with E-state index >= 15 is 0 Å². The fourth-order valence-electron chi connectivity index (χ4n) is 3.70. The van der Waals surface area contributed by atoms with Crippen LogP contribution in [0.4, 0.5) is 11.4 Å². The lowest BCUT2D eigenvalue weighted by Gasteiger charge is -2.22. The molecular weight excluding hydrogens is 447 g/mol. The Labute approximate surface area is 196 Å². The Morgan fingerprint density at radius 1 is 0.969 bits per heavy atom. The zero-order valence-corrected chi connectivity index (χ0v) is 18.8. The van der Waals surface area contributed by atoms with E-state index in [4.69, 9.17) is 23.2 Å². The van der Waals surface area contributed by atoms with Crippen molar-refractivity contribution in [2.45, 2.75) is 19.4 Å². The largest absolute Gasteiger partial charge is 0.371 e.